The Hall–Kier alpha value is -1.59. The van der Waals surface area contributed by atoms with E-state index < -0.39 is 12.2 Å². The molecule has 0 radical (unpaired) electrons. The van der Waals surface area contributed by atoms with Crippen molar-refractivity contribution < 1.29 is 14.6 Å². The number of rotatable bonds is 3. The van der Waals surface area contributed by atoms with Gasteiger partial charge in [-0.2, -0.15) is 0 Å². The van der Waals surface area contributed by atoms with Gasteiger partial charge in [0.1, 0.15) is 0 Å². The molecule has 1 fully saturated rings. The third kappa shape index (κ3) is 3.94. The molecule has 0 bridgehead atoms. The monoisotopic (exact) mass is 264 g/mol. The molecule has 0 saturated carbocycles. The van der Waals surface area contributed by atoms with Gasteiger partial charge in [0.15, 0.2) is 0 Å². The number of nitrogens with one attached hydrogen (secondary N) is 1. The molecular weight excluding hydrogens is 244 g/mol. The van der Waals surface area contributed by atoms with Gasteiger partial charge in [-0.3, -0.25) is 4.90 Å². The number of carbonyl (C=O) groups excluding carboxylic acids is 1. The predicted molar refractivity (Wildman–Crippen MR) is 71.7 cm³/mol. The molecule has 1 aliphatic heterocycles. The van der Waals surface area contributed by atoms with Crippen LogP contribution in [0, 0.1) is 0 Å². The molecule has 1 amide bonds. The van der Waals surface area contributed by atoms with Crippen LogP contribution in [-0.2, 0) is 11.3 Å². The summed E-state index contributed by atoms with van der Waals surface area (Å²) in [7, 11) is 1.33. The minimum Gasteiger partial charge on any atom is -0.453 e. The second-order valence-electron chi connectivity index (χ2n) is 4.82. The second-order valence-corrected chi connectivity index (χ2v) is 4.82. The molecule has 0 aromatic heterocycles. The van der Waals surface area contributed by atoms with E-state index in [2.05, 4.69) is 27.1 Å². The normalized spacial score (nSPS) is 23.9. The highest BCUT2D eigenvalue weighted by Crippen LogP contribution is 2.14. The van der Waals surface area contributed by atoms with Crippen molar-refractivity contribution >= 4 is 6.09 Å². The van der Waals surface area contributed by atoms with Gasteiger partial charge in [0.25, 0.3) is 0 Å². The summed E-state index contributed by atoms with van der Waals surface area (Å²) < 4.78 is 4.55. The Bertz CT molecular complexity index is 410. The summed E-state index contributed by atoms with van der Waals surface area (Å²) >= 11 is 0. The van der Waals surface area contributed by atoms with E-state index >= 15 is 0 Å². The maximum absolute atomic E-state index is 11.1. The molecule has 1 heterocycles. The number of amides is 1. The Morgan fingerprint density at radius 3 is 2.84 bits per heavy atom. The lowest BCUT2D eigenvalue weighted by Crippen LogP contribution is -2.53. The van der Waals surface area contributed by atoms with Crippen molar-refractivity contribution in [3.05, 3.63) is 35.9 Å². The number of carbonyl (C=O) groups is 1. The Kier molecular flexibility index (Phi) is 4.76. The van der Waals surface area contributed by atoms with Crippen molar-refractivity contribution in [1.29, 1.82) is 0 Å². The lowest BCUT2D eigenvalue weighted by Gasteiger charge is -2.35. The molecule has 1 aliphatic rings. The van der Waals surface area contributed by atoms with E-state index in [1.807, 2.05) is 18.2 Å². The molecule has 19 heavy (non-hydrogen) atoms. The minimum atomic E-state index is -0.559. The topological polar surface area (TPSA) is 61.8 Å². The van der Waals surface area contributed by atoms with E-state index in [9.17, 15) is 9.90 Å². The lowest BCUT2D eigenvalue weighted by molar-refractivity contribution is 0.0361. The summed E-state index contributed by atoms with van der Waals surface area (Å²) in [6.07, 6.45) is -0.319. The fourth-order valence-corrected chi connectivity index (χ4v) is 2.36. The molecule has 2 N–H and O–H groups in total. The number of hydrogen-bond acceptors (Lipinski definition) is 4. The first kappa shape index (κ1) is 13.8. The van der Waals surface area contributed by atoms with Crippen LogP contribution in [-0.4, -0.2) is 48.4 Å². The zero-order chi connectivity index (χ0) is 13.7. The smallest absolute Gasteiger partial charge is 0.407 e. The van der Waals surface area contributed by atoms with Crippen molar-refractivity contribution in [2.75, 3.05) is 20.2 Å². The first-order valence-corrected chi connectivity index (χ1v) is 6.48. The van der Waals surface area contributed by atoms with E-state index in [1.165, 1.54) is 12.7 Å². The lowest BCUT2D eigenvalue weighted by atomic mass is 10.0. The number of alkyl carbamates (subject to hydrolysis) is 1. The molecule has 5 heteroatoms. The van der Waals surface area contributed by atoms with Crippen LogP contribution in [0.4, 0.5) is 4.79 Å². The predicted octanol–water partition coefficient (Wildman–Crippen LogP) is 0.978. The largest absolute Gasteiger partial charge is 0.453 e. The Morgan fingerprint density at radius 1 is 1.47 bits per heavy atom. The highest BCUT2D eigenvalue weighted by molar-refractivity contribution is 5.67. The molecule has 2 rings (SSSR count). The number of likely N-dealkylation sites (tertiary alicyclic amines) is 1. The van der Waals surface area contributed by atoms with E-state index in [0.29, 0.717) is 6.54 Å². The van der Waals surface area contributed by atoms with Crippen LogP contribution in [0.3, 0.4) is 0 Å². The quantitative estimate of drug-likeness (QED) is 0.854. The molecule has 2 atom stereocenters. The molecule has 1 saturated heterocycles. The van der Waals surface area contributed by atoms with Crippen molar-refractivity contribution in [3.63, 3.8) is 0 Å². The van der Waals surface area contributed by atoms with Gasteiger partial charge in [-0.05, 0) is 12.0 Å². The molecule has 1 aromatic carbocycles. The Balaban J connectivity index is 1.84. The van der Waals surface area contributed by atoms with Crippen molar-refractivity contribution in [2.45, 2.75) is 25.1 Å². The van der Waals surface area contributed by atoms with Crippen molar-refractivity contribution in [3.8, 4) is 0 Å². The highest BCUT2D eigenvalue weighted by Gasteiger charge is 2.28. The van der Waals surface area contributed by atoms with E-state index in [-0.39, 0.29) is 6.04 Å². The summed E-state index contributed by atoms with van der Waals surface area (Å²) in [4.78, 5) is 13.3. The van der Waals surface area contributed by atoms with Crippen LogP contribution in [0.5, 0.6) is 0 Å². The SMILES string of the molecule is COC(=O)N[C@H]1CCN(Cc2ccccc2)C[C@@H]1O. The summed E-state index contributed by atoms with van der Waals surface area (Å²) in [6, 6.07) is 9.94. The average Bonchev–Trinajstić information content (AvgIpc) is 2.43. The molecular formula is C14H20N2O3. The van der Waals surface area contributed by atoms with Gasteiger partial charge in [-0.25, -0.2) is 4.79 Å². The number of aliphatic hydroxyl groups excluding tert-OH is 1. The summed E-state index contributed by atoms with van der Waals surface area (Å²) in [6.45, 7) is 2.23. The summed E-state index contributed by atoms with van der Waals surface area (Å²) in [5.74, 6) is 0. The first-order valence-electron chi connectivity index (χ1n) is 6.48. The second kappa shape index (κ2) is 6.54. The Labute approximate surface area is 113 Å². The number of hydrogen-bond donors (Lipinski definition) is 2. The summed E-state index contributed by atoms with van der Waals surface area (Å²) in [5.41, 5.74) is 1.23. The number of piperidine rings is 1. The molecule has 0 unspecified atom stereocenters. The highest BCUT2D eigenvalue weighted by atomic mass is 16.5. The van der Waals surface area contributed by atoms with Crippen molar-refractivity contribution in [1.82, 2.24) is 10.2 Å². The Morgan fingerprint density at radius 2 is 2.21 bits per heavy atom. The third-order valence-electron chi connectivity index (χ3n) is 3.40. The number of aliphatic hydroxyl groups is 1. The van der Waals surface area contributed by atoms with Crippen LogP contribution in [0.15, 0.2) is 30.3 Å². The van der Waals surface area contributed by atoms with Crippen LogP contribution in [0.1, 0.15) is 12.0 Å². The maximum atomic E-state index is 11.1. The van der Waals surface area contributed by atoms with Gasteiger partial charge in [0, 0.05) is 19.6 Å². The fraction of sp³-hybridized carbons (Fsp3) is 0.500. The first-order chi connectivity index (χ1) is 9.19. The number of benzene rings is 1. The zero-order valence-electron chi connectivity index (χ0n) is 11.1. The van der Waals surface area contributed by atoms with Crippen LogP contribution < -0.4 is 5.32 Å². The molecule has 0 spiro atoms. The number of nitrogens with zero attached hydrogens (tertiary/aromatic N) is 1. The molecule has 0 aliphatic carbocycles. The van der Waals surface area contributed by atoms with Crippen LogP contribution in [0.25, 0.3) is 0 Å². The van der Waals surface area contributed by atoms with E-state index in [0.717, 1.165) is 19.5 Å². The zero-order valence-corrected chi connectivity index (χ0v) is 11.1. The molecule has 1 aromatic rings. The molecule has 104 valence electrons. The molecule has 5 nitrogen and oxygen atoms in total. The van der Waals surface area contributed by atoms with Gasteiger partial charge in [0.05, 0.1) is 19.3 Å². The van der Waals surface area contributed by atoms with Gasteiger partial charge in [-0.1, -0.05) is 30.3 Å². The van der Waals surface area contributed by atoms with Crippen LogP contribution in [0.2, 0.25) is 0 Å². The maximum Gasteiger partial charge on any atom is 0.407 e. The average molecular weight is 264 g/mol. The standard InChI is InChI=1S/C14H20N2O3/c1-19-14(18)15-12-7-8-16(10-13(12)17)9-11-5-3-2-4-6-11/h2-6,12-13,17H,7-10H2,1H3,(H,15,18)/t12-,13-/m0/s1. The number of β-amino-alcohol motifs (C(OH)–C–C–N with tert-alkyl or cyclic N) is 1. The van der Waals surface area contributed by atoms with E-state index in [4.69, 9.17) is 0 Å². The van der Waals surface area contributed by atoms with Crippen molar-refractivity contribution in [2.24, 2.45) is 0 Å². The fourth-order valence-electron chi connectivity index (χ4n) is 2.36. The number of methoxy groups -OCH3 is 1. The van der Waals surface area contributed by atoms with Gasteiger partial charge < -0.3 is 15.2 Å². The third-order valence-corrected chi connectivity index (χ3v) is 3.40. The van der Waals surface area contributed by atoms with E-state index in [1.54, 1.807) is 0 Å². The van der Waals surface area contributed by atoms with Gasteiger partial charge in [0.2, 0.25) is 0 Å². The van der Waals surface area contributed by atoms with Crippen LogP contribution >= 0.6 is 0 Å². The van der Waals surface area contributed by atoms with Gasteiger partial charge >= 0.3 is 6.09 Å². The number of ether oxygens (including phenoxy) is 1. The van der Waals surface area contributed by atoms with Gasteiger partial charge in [-0.15, -0.1) is 0 Å². The minimum absolute atomic E-state index is 0.223. The summed E-state index contributed by atoms with van der Waals surface area (Å²) in [5, 5.41) is 12.7.